The molecule has 0 radical (unpaired) electrons. The molecular weight excluding hydrogens is 236 g/mol. The van der Waals surface area contributed by atoms with Gasteiger partial charge in [0.05, 0.1) is 0 Å². The van der Waals surface area contributed by atoms with E-state index in [-0.39, 0.29) is 0 Å². The highest BCUT2D eigenvalue weighted by Gasteiger charge is 2.08. The highest BCUT2D eigenvalue weighted by Crippen LogP contribution is 2.14. The maximum absolute atomic E-state index is 5.92. The van der Waals surface area contributed by atoms with Gasteiger partial charge in [-0.1, -0.05) is 24.4 Å². The average molecular weight is 255 g/mol. The number of hydrogen-bond acceptors (Lipinski definition) is 4. The first-order chi connectivity index (χ1) is 8.36. The molecule has 1 aromatic rings. The highest BCUT2D eigenvalue weighted by atomic mass is 35.5. The molecule has 5 heteroatoms. The van der Waals surface area contributed by atoms with Crippen LogP contribution >= 0.6 is 11.6 Å². The first kappa shape index (κ1) is 12.6. The summed E-state index contributed by atoms with van der Waals surface area (Å²) in [4.78, 5) is 10.6. The summed E-state index contributed by atoms with van der Waals surface area (Å²) in [5, 5.41) is 3.68. The summed E-state index contributed by atoms with van der Waals surface area (Å²) in [6, 6.07) is 0. The lowest BCUT2D eigenvalue weighted by Gasteiger charge is -2.19. The summed E-state index contributed by atoms with van der Waals surface area (Å²) in [7, 11) is 0. The fraction of sp³-hybridized carbons (Fsp3) is 0.667. The number of halogens is 1. The predicted octanol–water partition coefficient (Wildman–Crippen LogP) is 2.42. The van der Waals surface area contributed by atoms with E-state index >= 15 is 0 Å². The Morgan fingerprint density at radius 2 is 1.82 bits per heavy atom. The molecule has 1 N–H and O–H groups in total. The van der Waals surface area contributed by atoms with Gasteiger partial charge in [0.2, 0.25) is 0 Å². The molecule has 0 saturated carbocycles. The summed E-state index contributed by atoms with van der Waals surface area (Å²) in [5.74, 6) is 0.684. The van der Waals surface area contributed by atoms with Gasteiger partial charge in [-0.3, -0.25) is 0 Å². The van der Waals surface area contributed by atoms with Crippen LogP contribution in [0.25, 0.3) is 0 Å². The largest absolute Gasteiger partial charge is 0.366 e. The minimum absolute atomic E-state index is 0.448. The predicted molar refractivity (Wildman–Crippen MR) is 70.4 cm³/mol. The molecule has 4 nitrogen and oxygen atoms in total. The number of likely N-dealkylation sites (tertiary alicyclic amines) is 1. The van der Waals surface area contributed by atoms with Gasteiger partial charge in [-0.05, 0) is 25.9 Å². The second-order valence-electron chi connectivity index (χ2n) is 4.38. The molecule has 17 heavy (non-hydrogen) atoms. The van der Waals surface area contributed by atoms with Crippen molar-refractivity contribution in [2.24, 2.45) is 0 Å². The Morgan fingerprint density at radius 3 is 2.53 bits per heavy atom. The molecular formula is C12H19ClN4. The Kier molecular flexibility index (Phi) is 5.01. The number of nitrogens with zero attached hydrogens (tertiary/aromatic N) is 3. The van der Waals surface area contributed by atoms with Gasteiger partial charge in [-0.25, -0.2) is 9.97 Å². The first-order valence-electron chi connectivity index (χ1n) is 6.29. The van der Waals surface area contributed by atoms with E-state index < -0.39 is 0 Å². The standard InChI is InChI=1S/C12H19ClN4/c13-11-12(15-6-5-14-11)16-7-10-17-8-3-1-2-4-9-17/h5-6H,1-4,7-10H2,(H,15,16). The zero-order chi connectivity index (χ0) is 11.9. The number of aromatic nitrogens is 2. The van der Waals surface area contributed by atoms with Crippen LogP contribution in [0.1, 0.15) is 25.7 Å². The third-order valence-electron chi connectivity index (χ3n) is 3.07. The van der Waals surface area contributed by atoms with E-state index in [9.17, 15) is 0 Å². The van der Waals surface area contributed by atoms with E-state index in [0.717, 1.165) is 13.1 Å². The minimum Gasteiger partial charge on any atom is -0.366 e. The fourth-order valence-electron chi connectivity index (χ4n) is 2.13. The third kappa shape index (κ3) is 4.13. The molecule has 0 unspecified atom stereocenters. The number of hydrogen-bond donors (Lipinski definition) is 1. The molecule has 1 saturated heterocycles. The van der Waals surface area contributed by atoms with Crippen LogP contribution in [0.15, 0.2) is 12.4 Å². The SMILES string of the molecule is Clc1nccnc1NCCN1CCCCCC1. The van der Waals surface area contributed by atoms with Crippen LogP contribution < -0.4 is 5.32 Å². The summed E-state index contributed by atoms with van der Waals surface area (Å²) in [5.41, 5.74) is 0. The monoisotopic (exact) mass is 254 g/mol. The summed E-state index contributed by atoms with van der Waals surface area (Å²) >= 11 is 5.92. The average Bonchev–Trinajstić information content (AvgIpc) is 2.60. The van der Waals surface area contributed by atoms with Crippen LogP contribution in [0.3, 0.4) is 0 Å². The quantitative estimate of drug-likeness (QED) is 0.896. The lowest BCUT2D eigenvalue weighted by atomic mass is 10.2. The zero-order valence-corrected chi connectivity index (χ0v) is 10.8. The second-order valence-corrected chi connectivity index (χ2v) is 4.74. The van der Waals surface area contributed by atoms with E-state index in [1.165, 1.54) is 38.8 Å². The Hall–Kier alpha value is -0.870. The molecule has 1 aromatic heterocycles. The highest BCUT2D eigenvalue weighted by molar-refractivity contribution is 6.31. The van der Waals surface area contributed by atoms with Crippen molar-refractivity contribution in [1.82, 2.24) is 14.9 Å². The maximum Gasteiger partial charge on any atom is 0.171 e. The normalized spacial score (nSPS) is 17.7. The molecule has 2 heterocycles. The van der Waals surface area contributed by atoms with Crippen LogP contribution in [0.2, 0.25) is 5.15 Å². The van der Waals surface area contributed by atoms with Crippen LogP contribution in [0.5, 0.6) is 0 Å². The third-order valence-corrected chi connectivity index (χ3v) is 3.35. The second kappa shape index (κ2) is 6.77. The minimum atomic E-state index is 0.448. The van der Waals surface area contributed by atoms with Crippen molar-refractivity contribution in [3.05, 3.63) is 17.5 Å². The lowest BCUT2D eigenvalue weighted by Crippen LogP contribution is -2.30. The van der Waals surface area contributed by atoms with Gasteiger partial charge in [0.1, 0.15) is 0 Å². The zero-order valence-electron chi connectivity index (χ0n) is 10.0. The molecule has 0 spiro atoms. The summed E-state index contributed by atoms with van der Waals surface area (Å²) in [6.45, 7) is 4.36. The summed E-state index contributed by atoms with van der Waals surface area (Å²) in [6.07, 6.45) is 8.65. The van der Waals surface area contributed by atoms with Crippen molar-refractivity contribution in [3.8, 4) is 0 Å². The van der Waals surface area contributed by atoms with Gasteiger partial charge >= 0.3 is 0 Å². The van der Waals surface area contributed by atoms with Gasteiger partial charge in [0.25, 0.3) is 0 Å². The van der Waals surface area contributed by atoms with Gasteiger partial charge in [0.15, 0.2) is 11.0 Å². The Labute approximate surface area is 107 Å². The smallest absolute Gasteiger partial charge is 0.171 e. The summed E-state index contributed by atoms with van der Waals surface area (Å²) < 4.78 is 0. The molecule has 0 bridgehead atoms. The van der Waals surface area contributed by atoms with E-state index in [2.05, 4.69) is 20.2 Å². The van der Waals surface area contributed by atoms with Gasteiger partial charge in [0, 0.05) is 25.5 Å². The molecule has 2 rings (SSSR count). The number of rotatable bonds is 4. The molecule has 1 aliphatic heterocycles. The Balaban J connectivity index is 1.73. The Bertz CT molecular complexity index is 337. The molecule has 1 aliphatic rings. The van der Waals surface area contributed by atoms with Gasteiger partial charge < -0.3 is 10.2 Å². The fourth-order valence-corrected chi connectivity index (χ4v) is 2.30. The van der Waals surface area contributed by atoms with Gasteiger partial charge in [-0.15, -0.1) is 0 Å². The van der Waals surface area contributed by atoms with Crippen molar-refractivity contribution in [2.75, 3.05) is 31.5 Å². The van der Waals surface area contributed by atoms with Crippen molar-refractivity contribution >= 4 is 17.4 Å². The molecule has 1 fully saturated rings. The number of nitrogens with one attached hydrogen (secondary N) is 1. The van der Waals surface area contributed by atoms with E-state index in [1.54, 1.807) is 12.4 Å². The van der Waals surface area contributed by atoms with Gasteiger partial charge in [-0.2, -0.15) is 0 Å². The van der Waals surface area contributed by atoms with Crippen LogP contribution in [-0.4, -0.2) is 41.0 Å². The van der Waals surface area contributed by atoms with Crippen LogP contribution in [0, 0.1) is 0 Å². The van der Waals surface area contributed by atoms with E-state index in [0.29, 0.717) is 11.0 Å². The van der Waals surface area contributed by atoms with Crippen molar-refractivity contribution in [1.29, 1.82) is 0 Å². The molecule has 0 aromatic carbocycles. The van der Waals surface area contributed by atoms with Crippen molar-refractivity contribution in [3.63, 3.8) is 0 Å². The lowest BCUT2D eigenvalue weighted by molar-refractivity contribution is 0.296. The van der Waals surface area contributed by atoms with Crippen LogP contribution in [0.4, 0.5) is 5.82 Å². The molecule has 0 aliphatic carbocycles. The number of anilines is 1. The first-order valence-corrected chi connectivity index (χ1v) is 6.67. The maximum atomic E-state index is 5.92. The van der Waals surface area contributed by atoms with Crippen molar-refractivity contribution in [2.45, 2.75) is 25.7 Å². The topological polar surface area (TPSA) is 41.1 Å². The molecule has 0 amide bonds. The van der Waals surface area contributed by atoms with E-state index in [1.807, 2.05) is 0 Å². The van der Waals surface area contributed by atoms with Crippen LogP contribution in [-0.2, 0) is 0 Å². The van der Waals surface area contributed by atoms with Crippen molar-refractivity contribution < 1.29 is 0 Å². The van der Waals surface area contributed by atoms with E-state index in [4.69, 9.17) is 11.6 Å². The molecule has 0 atom stereocenters. The Morgan fingerprint density at radius 1 is 1.12 bits per heavy atom. The molecule has 94 valence electrons.